The Kier molecular flexibility index (Phi) is 5.98. The molecule has 1 aromatic heterocycles. The molecule has 1 N–H and O–H groups in total. The van der Waals surface area contributed by atoms with E-state index in [1.807, 2.05) is 0 Å². The summed E-state index contributed by atoms with van der Waals surface area (Å²) in [6.45, 7) is 1.85. The first kappa shape index (κ1) is 16.8. The topological polar surface area (TPSA) is 104 Å². The Bertz CT molecular complexity index is 671. The number of hydrogen-bond donors (Lipinski definition) is 1. The second kappa shape index (κ2) is 8.18. The lowest BCUT2D eigenvalue weighted by molar-refractivity contribution is -0.117. The van der Waals surface area contributed by atoms with Crippen molar-refractivity contribution in [2.45, 2.75) is 12.1 Å². The molecule has 9 heteroatoms. The smallest absolute Gasteiger partial charge is 0.413 e. The number of thioether (sulfide) groups is 1. The van der Waals surface area contributed by atoms with Crippen molar-refractivity contribution >= 4 is 23.8 Å². The van der Waals surface area contributed by atoms with E-state index < -0.39 is 12.0 Å². The van der Waals surface area contributed by atoms with Crippen LogP contribution in [-0.2, 0) is 9.53 Å². The van der Waals surface area contributed by atoms with Gasteiger partial charge in [-0.3, -0.25) is 10.1 Å². The molecule has 0 spiro atoms. The molecular formula is C14H15N3O5S. The Morgan fingerprint density at radius 1 is 1.26 bits per heavy atom. The monoisotopic (exact) mass is 337 g/mol. The van der Waals surface area contributed by atoms with E-state index in [9.17, 15) is 9.59 Å². The lowest BCUT2D eigenvalue weighted by Gasteiger charge is -2.02. The van der Waals surface area contributed by atoms with Crippen LogP contribution in [0.15, 0.2) is 33.9 Å². The number of ether oxygens (including phenoxy) is 2. The highest BCUT2D eigenvalue weighted by Crippen LogP contribution is 2.24. The van der Waals surface area contributed by atoms with Gasteiger partial charge in [-0.05, 0) is 31.2 Å². The molecule has 0 radical (unpaired) electrons. The van der Waals surface area contributed by atoms with Crippen molar-refractivity contribution in [3.05, 3.63) is 24.3 Å². The summed E-state index contributed by atoms with van der Waals surface area (Å²) in [4.78, 5) is 22.6. The number of carbonyl (C=O) groups excluding carboxylic acids is 2. The van der Waals surface area contributed by atoms with Gasteiger partial charge in [0.05, 0.1) is 19.5 Å². The van der Waals surface area contributed by atoms with Crippen molar-refractivity contribution in [2.75, 3.05) is 19.5 Å². The maximum atomic E-state index is 11.5. The predicted molar refractivity (Wildman–Crippen MR) is 82.2 cm³/mol. The normalized spacial score (nSPS) is 10.2. The second-order valence-electron chi connectivity index (χ2n) is 4.16. The number of carbonyl (C=O) groups is 2. The molecule has 1 aromatic carbocycles. The van der Waals surface area contributed by atoms with Gasteiger partial charge in [0.15, 0.2) is 0 Å². The molecule has 0 aliphatic heterocycles. The number of hydrogen-bond acceptors (Lipinski definition) is 8. The summed E-state index contributed by atoms with van der Waals surface area (Å²) in [6.07, 6.45) is -0.775. The number of nitrogens with one attached hydrogen (secondary N) is 1. The largest absolute Gasteiger partial charge is 0.497 e. The fourth-order valence-corrected chi connectivity index (χ4v) is 2.13. The number of imide groups is 1. The predicted octanol–water partition coefficient (Wildman–Crippen LogP) is 2.11. The molecular weight excluding hydrogens is 322 g/mol. The summed E-state index contributed by atoms with van der Waals surface area (Å²) in [7, 11) is 1.58. The van der Waals surface area contributed by atoms with E-state index >= 15 is 0 Å². The minimum Gasteiger partial charge on any atom is -0.497 e. The zero-order chi connectivity index (χ0) is 16.7. The van der Waals surface area contributed by atoms with Crippen LogP contribution in [0, 0.1) is 0 Å². The van der Waals surface area contributed by atoms with Gasteiger partial charge in [0.2, 0.25) is 11.8 Å². The average Bonchev–Trinajstić information content (AvgIpc) is 3.02. The first-order chi connectivity index (χ1) is 11.1. The lowest BCUT2D eigenvalue weighted by Crippen LogP contribution is -2.32. The molecule has 0 saturated heterocycles. The number of nitrogens with zero attached hydrogens (tertiary/aromatic N) is 2. The quantitative estimate of drug-likeness (QED) is 0.799. The van der Waals surface area contributed by atoms with Crippen molar-refractivity contribution in [1.29, 1.82) is 0 Å². The summed E-state index contributed by atoms with van der Waals surface area (Å²) < 4.78 is 15.1. The third-order valence-electron chi connectivity index (χ3n) is 2.59. The van der Waals surface area contributed by atoms with Crippen LogP contribution < -0.4 is 10.1 Å². The first-order valence-electron chi connectivity index (χ1n) is 6.69. The number of aromatic nitrogens is 2. The molecule has 0 bridgehead atoms. The average molecular weight is 337 g/mol. The van der Waals surface area contributed by atoms with Gasteiger partial charge in [0, 0.05) is 5.56 Å². The zero-order valence-corrected chi connectivity index (χ0v) is 13.4. The highest BCUT2D eigenvalue weighted by atomic mass is 32.2. The molecule has 122 valence electrons. The molecule has 23 heavy (non-hydrogen) atoms. The molecule has 0 aliphatic rings. The third kappa shape index (κ3) is 4.99. The minimum atomic E-state index is -0.775. The van der Waals surface area contributed by atoms with Gasteiger partial charge in [-0.2, -0.15) is 0 Å². The summed E-state index contributed by atoms with van der Waals surface area (Å²) >= 11 is 1.03. The Labute approximate surface area is 136 Å². The van der Waals surface area contributed by atoms with E-state index in [0.717, 1.165) is 23.1 Å². The molecule has 8 nitrogen and oxygen atoms in total. The highest BCUT2D eigenvalue weighted by Gasteiger charge is 2.13. The van der Waals surface area contributed by atoms with Crippen LogP contribution >= 0.6 is 11.8 Å². The SMILES string of the molecule is CCOC(=O)NC(=O)CSc1nnc(-c2ccc(OC)cc2)o1. The molecule has 1 heterocycles. The Hall–Kier alpha value is -2.55. The Balaban J connectivity index is 1.89. The fraction of sp³-hybridized carbons (Fsp3) is 0.286. The van der Waals surface area contributed by atoms with Crippen molar-refractivity contribution in [2.24, 2.45) is 0 Å². The maximum absolute atomic E-state index is 11.5. The summed E-state index contributed by atoms with van der Waals surface area (Å²) in [5, 5.41) is 10.1. The summed E-state index contributed by atoms with van der Waals surface area (Å²) in [5.41, 5.74) is 0.737. The molecule has 0 aliphatic carbocycles. The number of methoxy groups -OCH3 is 1. The Morgan fingerprint density at radius 2 is 2.00 bits per heavy atom. The van der Waals surface area contributed by atoms with E-state index in [0.29, 0.717) is 5.89 Å². The van der Waals surface area contributed by atoms with E-state index in [-0.39, 0.29) is 17.6 Å². The molecule has 0 fully saturated rings. The lowest BCUT2D eigenvalue weighted by atomic mass is 10.2. The van der Waals surface area contributed by atoms with E-state index in [4.69, 9.17) is 9.15 Å². The standard InChI is InChI=1S/C14H15N3O5S/c1-3-21-13(19)15-11(18)8-23-14-17-16-12(22-14)9-4-6-10(20-2)7-5-9/h4-7H,3,8H2,1-2H3,(H,15,18,19). The van der Waals surface area contributed by atoms with E-state index in [2.05, 4.69) is 20.3 Å². The van der Waals surface area contributed by atoms with E-state index in [1.54, 1.807) is 38.3 Å². The molecule has 2 amide bonds. The van der Waals surface area contributed by atoms with Crippen molar-refractivity contribution in [3.63, 3.8) is 0 Å². The van der Waals surface area contributed by atoms with Crippen molar-refractivity contribution in [1.82, 2.24) is 15.5 Å². The highest BCUT2D eigenvalue weighted by molar-refractivity contribution is 7.99. The summed E-state index contributed by atoms with van der Waals surface area (Å²) in [5.74, 6) is 0.514. The molecule has 0 saturated carbocycles. The number of amides is 2. The van der Waals surface area contributed by atoms with Crippen molar-refractivity contribution < 1.29 is 23.5 Å². The number of alkyl carbamates (subject to hydrolysis) is 1. The first-order valence-corrected chi connectivity index (χ1v) is 7.68. The van der Waals surface area contributed by atoms with Gasteiger partial charge in [-0.25, -0.2) is 4.79 Å². The van der Waals surface area contributed by atoms with Crippen LogP contribution in [0.2, 0.25) is 0 Å². The van der Waals surface area contributed by atoms with Crippen LogP contribution in [0.25, 0.3) is 11.5 Å². The number of benzene rings is 1. The minimum absolute atomic E-state index is 0.0386. The molecule has 2 aromatic rings. The molecule has 0 atom stereocenters. The van der Waals surface area contributed by atoms with Crippen LogP contribution in [0.3, 0.4) is 0 Å². The summed E-state index contributed by atoms with van der Waals surface area (Å²) in [6, 6.07) is 7.13. The fourth-order valence-electron chi connectivity index (χ4n) is 1.56. The van der Waals surface area contributed by atoms with Gasteiger partial charge in [-0.15, -0.1) is 10.2 Å². The van der Waals surface area contributed by atoms with Crippen LogP contribution in [0.4, 0.5) is 4.79 Å². The van der Waals surface area contributed by atoms with Gasteiger partial charge in [0.1, 0.15) is 5.75 Å². The van der Waals surface area contributed by atoms with Gasteiger partial charge in [0.25, 0.3) is 5.22 Å². The van der Waals surface area contributed by atoms with Crippen molar-refractivity contribution in [3.8, 4) is 17.2 Å². The Morgan fingerprint density at radius 3 is 2.65 bits per heavy atom. The maximum Gasteiger partial charge on any atom is 0.413 e. The number of rotatable bonds is 6. The zero-order valence-electron chi connectivity index (χ0n) is 12.6. The molecule has 0 unspecified atom stereocenters. The van der Waals surface area contributed by atoms with E-state index in [1.165, 1.54) is 0 Å². The molecule has 2 rings (SSSR count). The van der Waals surface area contributed by atoms with Gasteiger partial charge < -0.3 is 13.9 Å². The van der Waals surface area contributed by atoms with Crippen LogP contribution in [-0.4, -0.2) is 41.7 Å². The van der Waals surface area contributed by atoms with Gasteiger partial charge >= 0.3 is 6.09 Å². The van der Waals surface area contributed by atoms with Crippen LogP contribution in [0.5, 0.6) is 5.75 Å². The van der Waals surface area contributed by atoms with Crippen LogP contribution in [0.1, 0.15) is 6.92 Å². The van der Waals surface area contributed by atoms with Gasteiger partial charge in [-0.1, -0.05) is 11.8 Å². The third-order valence-corrected chi connectivity index (χ3v) is 3.41. The second-order valence-corrected chi connectivity index (χ2v) is 5.09.